The Hall–Kier alpha value is -3.42. The van der Waals surface area contributed by atoms with Crippen LogP contribution < -0.4 is 10.1 Å². The number of amides is 1. The zero-order valence-corrected chi connectivity index (χ0v) is 19.9. The fraction of sp³-hybridized carbons (Fsp3) is 0.440. The number of carbonyl (C=O) groups is 1. The molecule has 1 fully saturated rings. The minimum absolute atomic E-state index is 0.0525. The summed E-state index contributed by atoms with van der Waals surface area (Å²) < 4.78 is 11.1. The van der Waals surface area contributed by atoms with Crippen molar-refractivity contribution in [2.24, 2.45) is 0 Å². The molecule has 1 saturated heterocycles. The first-order valence-corrected chi connectivity index (χ1v) is 11.2. The largest absolute Gasteiger partial charge is 0.496 e. The van der Waals surface area contributed by atoms with E-state index < -0.39 is 5.60 Å². The van der Waals surface area contributed by atoms with Crippen molar-refractivity contribution in [3.8, 4) is 17.0 Å². The summed E-state index contributed by atoms with van der Waals surface area (Å²) in [7, 11) is 1.65. The molecular weight excluding hydrogens is 418 g/mol. The molecule has 1 N–H and O–H groups in total. The molecule has 8 nitrogen and oxygen atoms in total. The van der Waals surface area contributed by atoms with Crippen molar-refractivity contribution < 1.29 is 14.3 Å². The Bertz CT molecular complexity index is 1160. The van der Waals surface area contributed by atoms with Gasteiger partial charge >= 0.3 is 6.09 Å². The third kappa shape index (κ3) is 5.16. The average Bonchev–Trinajstić information content (AvgIpc) is 2.78. The predicted molar refractivity (Wildman–Crippen MR) is 129 cm³/mol. The summed E-state index contributed by atoms with van der Waals surface area (Å²) in [6.07, 6.45) is 5.09. The number of rotatable bonds is 4. The highest BCUT2D eigenvalue weighted by molar-refractivity contribution is 6.00. The van der Waals surface area contributed by atoms with E-state index in [9.17, 15) is 4.79 Å². The quantitative estimate of drug-likeness (QED) is 0.611. The molecule has 3 heterocycles. The minimum atomic E-state index is -0.515. The van der Waals surface area contributed by atoms with E-state index in [0.29, 0.717) is 18.9 Å². The number of hydrogen-bond donors (Lipinski definition) is 1. The number of anilines is 1. The monoisotopic (exact) mass is 449 g/mol. The van der Waals surface area contributed by atoms with E-state index in [1.165, 1.54) is 0 Å². The van der Waals surface area contributed by atoms with E-state index in [1.807, 2.05) is 52.0 Å². The lowest BCUT2D eigenvalue weighted by Crippen LogP contribution is -2.47. The molecule has 1 atom stereocenters. The Morgan fingerprint density at radius 3 is 2.76 bits per heavy atom. The normalized spacial score (nSPS) is 16.5. The number of ether oxygens (including phenoxy) is 2. The number of benzene rings is 1. The van der Waals surface area contributed by atoms with Crippen LogP contribution >= 0.6 is 0 Å². The van der Waals surface area contributed by atoms with Gasteiger partial charge in [0.1, 0.15) is 17.0 Å². The van der Waals surface area contributed by atoms with Crippen LogP contribution in [0, 0.1) is 6.92 Å². The molecule has 1 aliphatic heterocycles. The second kappa shape index (κ2) is 9.21. The summed E-state index contributed by atoms with van der Waals surface area (Å²) in [5.41, 5.74) is 2.18. The Kier molecular flexibility index (Phi) is 6.35. The third-order valence-corrected chi connectivity index (χ3v) is 5.61. The predicted octanol–water partition coefficient (Wildman–Crippen LogP) is 4.82. The van der Waals surface area contributed by atoms with Gasteiger partial charge in [-0.3, -0.25) is 4.98 Å². The van der Waals surface area contributed by atoms with Gasteiger partial charge in [-0.2, -0.15) is 0 Å². The highest BCUT2D eigenvalue weighted by atomic mass is 16.6. The van der Waals surface area contributed by atoms with Crippen LogP contribution in [0.4, 0.5) is 10.6 Å². The van der Waals surface area contributed by atoms with Crippen molar-refractivity contribution in [3.05, 3.63) is 42.2 Å². The second-order valence-corrected chi connectivity index (χ2v) is 9.43. The number of nitrogens with zero attached hydrogens (tertiary/aromatic N) is 4. The zero-order valence-electron chi connectivity index (χ0n) is 19.9. The topological polar surface area (TPSA) is 89.5 Å². The van der Waals surface area contributed by atoms with E-state index in [0.717, 1.165) is 46.2 Å². The highest BCUT2D eigenvalue weighted by Crippen LogP contribution is 2.35. The summed E-state index contributed by atoms with van der Waals surface area (Å²) in [6, 6.07) is 8.00. The summed E-state index contributed by atoms with van der Waals surface area (Å²) in [6.45, 7) is 8.91. The maximum Gasteiger partial charge on any atom is 0.410 e. The van der Waals surface area contributed by atoms with Gasteiger partial charge in [0.2, 0.25) is 0 Å². The van der Waals surface area contributed by atoms with Crippen LogP contribution in [-0.2, 0) is 4.74 Å². The number of nitrogens with one attached hydrogen (secondary N) is 1. The van der Waals surface area contributed by atoms with E-state index >= 15 is 0 Å². The maximum atomic E-state index is 12.5. The molecule has 1 unspecified atom stereocenters. The van der Waals surface area contributed by atoms with Crippen LogP contribution in [-0.4, -0.2) is 58.0 Å². The molecule has 33 heavy (non-hydrogen) atoms. The second-order valence-electron chi connectivity index (χ2n) is 9.43. The van der Waals surface area contributed by atoms with Crippen molar-refractivity contribution in [3.63, 3.8) is 0 Å². The summed E-state index contributed by atoms with van der Waals surface area (Å²) in [5, 5.41) is 14.4. The molecule has 1 aliphatic rings. The third-order valence-electron chi connectivity index (χ3n) is 5.61. The van der Waals surface area contributed by atoms with Gasteiger partial charge in [0.25, 0.3) is 0 Å². The molecule has 0 radical (unpaired) electrons. The van der Waals surface area contributed by atoms with Crippen LogP contribution in [0.2, 0.25) is 0 Å². The molecule has 174 valence electrons. The first-order chi connectivity index (χ1) is 15.7. The lowest BCUT2D eigenvalue weighted by atomic mass is 10.0. The number of aryl methyl sites for hydroxylation is 1. The Morgan fingerprint density at radius 1 is 1.18 bits per heavy atom. The van der Waals surface area contributed by atoms with Gasteiger partial charge in [0.15, 0.2) is 5.82 Å². The van der Waals surface area contributed by atoms with Crippen molar-refractivity contribution in [2.75, 3.05) is 25.5 Å². The fourth-order valence-corrected chi connectivity index (χ4v) is 4.08. The number of carbonyl (C=O) groups excluding carboxylic acids is 1. The average molecular weight is 450 g/mol. The maximum absolute atomic E-state index is 12.5. The number of pyridine rings is 1. The Labute approximate surface area is 194 Å². The smallest absolute Gasteiger partial charge is 0.410 e. The standard InChI is InChI=1S/C25H31N5O3/c1-16-8-9-19(21(13-16)32-5)22-20-14-26-11-10-18(20)23(29-28-22)27-17-7-6-12-30(15-17)24(31)33-25(2,3)4/h8-11,13-14,17H,6-7,12,15H2,1-5H3,(H,27,29). The Balaban J connectivity index is 1.61. The molecule has 4 rings (SSSR count). The lowest BCUT2D eigenvalue weighted by Gasteiger charge is -2.34. The molecule has 1 amide bonds. The summed E-state index contributed by atoms with van der Waals surface area (Å²) in [4.78, 5) is 18.6. The van der Waals surface area contributed by atoms with E-state index in [-0.39, 0.29) is 12.1 Å². The summed E-state index contributed by atoms with van der Waals surface area (Å²) >= 11 is 0. The molecular formula is C25H31N5O3. The molecule has 0 aliphatic carbocycles. The number of piperidine rings is 1. The van der Waals surface area contributed by atoms with Gasteiger partial charge in [0, 0.05) is 47.9 Å². The van der Waals surface area contributed by atoms with Crippen LogP contribution in [0.15, 0.2) is 36.7 Å². The SMILES string of the molecule is COc1cc(C)ccc1-c1nnc(NC2CCCN(C(=O)OC(C)(C)C)C2)c2ccncc12. The van der Waals surface area contributed by atoms with Gasteiger partial charge in [-0.25, -0.2) is 4.79 Å². The summed E-state index contributed by atoms with van der Waals surface area (Å²) in [5.74, 6) is 1.42. The highest BCUT2D eigenvalue weighted by Gasteiger charge is 2.28. The van der Waals surface area contributed by atoms with Crippen LogP contribution in [0.3, 0.4) is 0 Å². The number of aromatic nitrogens is 3. The number of likely N-dealkylation sites (tertiary alicyclic amines) is 1. The van der Waals surface area contributed by atoms with Gasteiger partial charge in [-0.15, -0.1) is 10.2 Å². The van der Waals surface area contributed by atoms with Crippen LogP contribution in [0.25, 0.3) is 22.0 Å². The fourth-order valence-electron chi connectivity index (χ4n) is 4.08. The number of methoxy groups -OCH3 is 1. The molecule has 1 aromatic carbocycles. The van der Waals surface area contributed by atoms with Gasteiger partial charge in [0.05, 0.1) is 7.11 Å². The van der Waals surface area contributed by atoms with Gasteiger partial charge in [-0.05, 0) is 64.3 Å². The zero-order chi connectivity index (χ0) is 23.6. The molecule has 0 spiro atoms. The molecule has 0 bridgehead atoms. The number of hydrogen-bond acceptors (Lipinski definition) is 7. The Morgan fingerprint density at radius 2 is 2.00 bits per heavy atom. The van der Waals surface area contributed by atoms with Gasteiger partial charge < -0.3 is 19.7 Å². The van der Waals surface area contributed by atoms with E-state index in [1.54, 1.807) is 24.4 Å². The van der Waals surface area contributed by atoms with E-state index in [4.69, 9.17) is 9.47 Å². The van der Waals surface area contributed by atoms with Crippen molar-refractivity contribution in [2.45, 2.75) is 52.2 Å². The molecule has 3 aromatic rings. The number of fused-ring (bicyclic) bond motifs is 1. The first kappa shape index (κ1) is 22.8. The van der Waals surface area contributed by atoms with E-state index in [2.05, 4.69) is 20.5 Å². The lowest BCUT2D eigenvalue weighted by molar-refractivity contribution is 0.0206. The minimum Gasteiger partial charge on any atom is -0.496 e. The van der Waals surface area contributed by atoms with Crippen molar-refractivity contribution >= 4 is 22.7 Å². The molecule has 0 saturated carbocycles. The molecule has 8 heteroatoms. The van der Waals surface area contributed by atoms with Gasteiger partial charge in [-0.1, -0.05) is 6.07 Å². The van der Waals surface area contributed by atoms with Crippen LogP contribution in [0.5, 0.6) is 5.75 Å². The van der Waals surface area contributed by atoms with Crippen molar-refractivity contribution in [1.29, 1.82) is 0 Å². The van der Waals surface area contributed by atoms with Crippen LogP contribution in [0.1, 0.15) is 39.2 Å². The van der Waals surface area contributed by atoms with Crippen molar-refractivity contribution in [1.82, 2.24) is 20.1 Å². The first-order valence-electron chi connectivity index (χ1n) is 11.2. The molecule has 2 aromatic heterocycles.